The summed E-state index contributed by atoms with van der Waals surface area (Å²) in [7, 11) is 2.94. The van der Waals surface area contributed by atoms with Crippen molar-refractivity contribution in [2.24, 2.45) is 7.05 Å². The molecule has 0 aliphatic carbocycles. The van der Waals surface area contributed by atoms with Crippen molar-refractivity contribution < 1.29 is 27.4 Å². The van der Waals surface area contributed by atoms with Crippen LogP contribution in [-0.4, -0.2) is 64.0 Å². The fourth-order valence-corrected chi connectivity index (χ4v) is 4.58. The van der Waals surface area contributed by atoms with E-state index < -0.39 is 23.3 Å². The van der Waals surface area contributed by atoms with Crippen molar-refractivity contribution in [2.75, 3.05) is 44.0 Å². The Balaban J connectivity index is 1.54. The lowest BCUT2D eigenvalue weighted by molar-refractivity contribution is -0.141. The van der Waals surface area contributed by atoms with E-state index in [1.54, 1.807) is 18.2 Å². The van der Waals surface area contributed by atoms with E-state index in [9.17, 15) is 22.8 Å². The lowest BCUT2D eigenvalue weighted by Gasteiger charge is -2.27. The number of amides is 1. The van der Waals surface area contributed by atoms with Gasteiger partial charge < -0.3 is 25.0 Å². The molecule has 4 aromatic rings. The highest BCUT2D eigenvalue weighted by Gasteiger charge is 2.39. The maximum absolute atomic E-state index is 14.0. The van der Waals surface area contributed by atoms with Gasteiger partial charge in [-0.25, -0.2) is 9.97 Å². The fourth-order valence-electron chi connectivity index (χ4n) is 4.33. The molecule has 3 aromatic heterocycles. The van der Waals surface area contributed by atoms with Crippen molar-refractivity contribution in [3.8, 4) is 5.75 Å². The van der Waals surface area contributed by atoms with Crippen molar-refractivity contribution in [3.05, 3.63) is 63.0 Å². The van der Waals surface area contributed by atoms with Crippen molar-refractivity contribution in [1.29, 1.82) is 0 Å². The van der Waals surface area contributed by atoms with Crippen LogP contribution >= 0.6 is 11.6 Å². The van der Waals surface area contributed by atoms with Crippen molar-refractivity contribution in [3.63, 3.8) is 0 Å². The molecule has 0 radical (unpaired) electrons. The molecule has 5 rings (SSSR count). The standard InChI is InChI=1S/C25H23ClF3N7O4/c1-35-24(38)19-16(30-15-5-3-4-14(26)20(15)39-2)12-18(33-22(19)34-35)31-17-7-6-13(21(32-17)25(27,28)29)23(37)36-8-10-40-11-9-36/h3-7,12H,8-11H2,1-2H3,(H3,30,31,32,33,34). The number of H-pyrrole nitrogens is 1. The van der Waals surface area contributed by atoms with Crippen molar-refractivity contribution in [1.82, 2.24) is 24.6 Å². The van der Waals surface area contributed by atoms with Gasteiger partial charge >= 0.3 is 6.18 Å². The Kier molecular flexibility index (Phi) is 7.29. The number of benzene rings is 1. The minimum atomic E-state index is -4.90. The largest absolute Gasteiger partial charge is 0.493 e. The molecule has 0 atom stereocenters. The Morgan fingerprint density at radius 3 is 2.55 bits per heavy atom. The van der Waals surface area contributed by atoms with E-state index in [2.05, 4.69) is 25.7 Å². The van der Waals surface area contributed by atoms with Gasteiger partial charge in [-0.1, -0.05) is 17.7 Å². The molecule has 1 amide bonds. The first kappa shape index (κ1) is 27.3. The number of alkyl halides is 3. The van der Waals surface area contributed by atoms with Crippen molar-refractivity contribution >= 4 is 51.6 Å². The number of aryl methyl sites for hydroxylation is 1. The van der Waals surface area contributed by atoms with Gasteiger partial charge in [0.25, 0.3) is 11.5 Å². The molecular weight excluding hydrogens is 555 g/mol. The monoisotopic (exact) mass is 577 g/mol. The number of nitrogens with zero attached hydrogens (tertiary/aromatic N) is 4. The van der Waals surface area contributed by atoms with Crippen LogP contribution in [0.15, 0.2) is 41.2 Å². The van der Waals surface area contributed by atoms with Gasteiger partial charge in [0.05, 0.1) is 42.3 Å². The number of carbonyl (C=O) groups excluding carboxylic acids is 1. The molecule has 1 saturated heterocycles. The number of aromatic nitrogens is 4. The summed E-state index contributed by atoms with van der Waals surface area (Å²) >= 11 is 6.23. The molecule has 11 nitrogen and oxygen atoms in total. The van der Waals surface area contributed by atoms with Crippen LogP contribution in [0.25, 0.3) is 11.0 Å². The molecule has 3 N–H and O–H groups in total. The number of para-hydroxylation sites is 1. The Labute approximate surface area is 229 Å². The highest BCUT2D eigenvalue weighted by Crippen LogP contribution is 2.37. The van der Waals surface area contributed by atoms with Gasteiger partial charge in [-0.15, -0.1) is 0 Å². The fraction of sp³-hybridized carbons (Fsp3) is 0.280. The topological polar surface area (TPSA) is 126 Å². The molecule has 1 aliphatic rings. The predicted octanol–water partition coefficient (Wildman–Crippen LogP) is 4.30. The normalized spacial score (nSPS) is 13.9. The van der Waals surface area contributed by atoms with Gasteiger partial charge in [0.2, 0.25) is 0 Å². The van der Waals surface area contributed by atoms with E-state index in [-0.39, 0.29) is 60.2 Å². The number of ether oxygens (including phenoxy) is 2. The first-order valence-corrected chi connectivity index (χ1v) is 12.4. The average Bonchev–Trinajstić information content (AvgIpc) is 3.21. The number of nitrogens with one attached hydrogen (secondary N) is 3. The van der Waals surface area contributed by atoms with Crippen LogP contribution < -0.4 is 20.9 Å². The number of methoxy groups -OCH3 is 1. The van der Waals surface area contributed by atoms with Crippen LogP contribution in [0.2, 0.25) is 5.02 Å². The van der Waals surface area contributed by atoms with E-state index >= 15 is 0 Å². The summed E-state index contributed by atoms with van der Waals surface area (Å²) < 4.78 is 53.7. The van der Waals surface area contributed by atoms with Crippen LogP contribution in [0, 0.1) is 0 Å². The van der Waals surface area contributed by atoms with Crippen LogP contribution in [0.1, 0.15) is 16.1 Å². The number of morpholine rings is 1. The minimum absolute atomic E-state index is 0.0747. The number of aromatic amines is 1. The van der Waals surface area contributed by atoms with Gasteiger partial charge in [0.15, 0.2) is 17.1 Å². The SMILES string of the molecule is COc1c(Cl)cccc1Nc1cc(Nc2ccc(C(=O)N3CCOCC3)c(C(F)(F)F)n2)nc2[nH]n(C)c(=O)c12. The van der Waals surface area contributed by atoms with Crippen LogP contribution in [-0.2, 0) is 18.0 Å². The molecule has 40 heavy (non-hydrogen) atoms. The Bertz CT molecular complexity index is 1650. The zero-order chi connectivity index (χ0) is 28.6. The number of carbonyl (C=O) groups is 1. The Morgan fingerprint density at radius 1 is 1.10 bits per heavy atom. The molecule has 15 heteroatoms. The molecule has 210 valence electrons. The van der Waals surface area contributed by atoms with Gasteiger partial charge in [0, 0.05) is 26.2 Å². The molecule has 4 heterocycles. The van der Waals surface area contributed by atoms with E-state index in [0.717, 1.165) is 6.07 Å². The summed E-state index contributed by atoms with van der Waals surface area (Å²) in [6, 6.07) is 8.78. The minimum Gasteiger partial charge on any atom is -0.493 e. The maximum atomic E-state index is 14.0. The second kappa shape index (κ2) is 10.7. The van der Waals surface area contributed by atoms with E-state index in [1.807, 2.05) is 0 Å². The first-order valence-electron chi connectivity index (χ1n) is 12.0. The summed E-state index contributed by atoms with van der Waals surface area (Å²) in [6.07, 6.45) is -4.90. The molecule has 0 spiro atoms. The molecule has 1 aliphatic heterocycles. The van der Waals surface area contributed by atoms with Crippen LogP contribution in [0.5, 0.6) is 5.75 Å². The van der Waals surface area contributed by atoms with Gasteiger partial charge in [-0.3, -0.25) is 19.4 Å². The summed E-state index contributed by atoms with van der Waals surface area (Å²) in [5.41, 5.74) is -1.39. The van der Waals surface area contributed by atoms with Crippen LogP contribution in [0.4, 0.5) is 36.2 Å². The first-order chi connectivity index (χ1) is 19.1. The number of hydrogen-bond donors (Lipinski definition) is 3. The highest BCUT2D eigenvalue weighted by atomic mass is 35.5. The second-order valence-electron chi connectivity index (χ2n) is 8.82. The number of halogens is 4. The number of rotatable bonds is 6. The maximum Gasteiger partial charge on any atom is 0.434 e. The van der Waals surface area contributed by atoms with Crippen LogP contribution in [0.3, 0.4) is 0 Å². The third-order valence-electron chi connectivity index (χ3n) is 6.20. The van der Waals surface area contributed by atoms with E-state index in [4.69, 9.17) is 21.1 Å². The molecule has 0 bridgehead atoms. The third kappa shape index (κ3) is 5.27. The number of pyridine rings is 2. The molecular formula is C25H23ClF3N7O4. The summed E-state index contributed by atoms with van der Waals surface area (Å²) in [4.78, 5) is 35.0. The second-order valence-corrected chi connectivity index (χ2v) is 9.23. The van der Waals surface area contributed by atoms with Gasteiger partial charge in [0.1, 0.15) is 17.0 Å². The smallest absolute Gasteiger partial charge is 0.434 e. The van der Waals surface area contributed by atoms with E-state index in [0.29, 0.717) is 16.5 Å². The number of anilines is 4. The quantitative estimate of drug-likeness (QED) is 0.310. The summed E-state index contributed by atoms with van der Waals surface area (Å²) in [5, 5.41) is 9.19. The zero-order valence-electron chi connectivity index (χ0n) is 21.2. The summed E-state index contributed by atoms with van der Waals surface area (Å²) in [6.45, 7) is 0.853. The molecule has 0 unspecified atom stereocenters. The lowest BCUT2D eigenvalue weighted by atomic mass is 10.1. The molecule has 1 fully saturated rings. The Morgan fingerprint density at radius 2 is 1.85 bits per heavy atom. The molecule has 0 saturated carbocycles. The number of hydrogen-bond acceptors (Lipinski definition) is 8. The third-order valence-corrected chi connectivity index (χ3v) is 6.50. The van der Waals surface area contributed by atoms with Gasteiger partial charge in [-0.05, 0) is 24.3 Å². The van der Waals surface area contributed by atoms with E-state index in [1.165, 1.54) is 35.9 Å². The lowest BCUT2D eigenvalue weighted by Crippen LogP contribution is -2.41. The average molecular weight is 578 g/mol. The number of fused-ring (bicyclic) bond motifs is 1. The Hall–Kier alpha value is -4.30. The summed E-state index contributed by atoms with van der Waals surface area (Å²) in [5.74, 6) is -0.584. The van der Waals surface area contributed by atoms with Gasteiger partial charge in [-0.2, -0.15) is 13.2 Å². The molecule has 1 aromatic carbocycles. The van der Waals surface area contributed by atoms with Crippen molar-refractivity contribution in [2.45, 2.75) is 6.18 Å². The zero-order valence-corrected chi connectivity index (χ0v) is 22.0. The predicted molar refractivity (Wildman–Crippen MR) is 142 cm³/mol. The highest BCUT2D eigenvalue weighted by molar-refractivity contribution is 6.32.